The molecule has 2 aromatic carbocycles. The van der Waals surface area contributed by atoms with Crippen LogP contribution in [-0.2, 0) is 4.79 Å². The summed E-state index contributed by atoms with van der Waals surface area (Å²) in [6.45, 7) is 0.112. The number of amides is 1. The average Bonchev–Trinajstić information content (AvgIpc) is 3.18. The molecule has 0 saturated heterocycles. The number of para-hydroxylation sites is 2. The van der Waals surface area contributed by atoms with Crippen LogP contribution in [0.2, 0.25) is 10.0 Å². The van der Waals surface area contributed by atoms with E-state index in [0.29, 0.717) is 33.1 Å². The lowest BCUT2D eigenvalue weighted by Crippen LogP contribution is -2.42. The summed E-state index contributed by atoms with van der Waals surface area (Å²) in [5.41, 5.74) is 3.21. The summed E-state index contributed by atoms with van der Waals surface area (Å²) in [7, 11) is 0. The lowest BCUT2D eigenvalue weighted by Gasteiger charge is -2.24. The minimum absolute atomic E-state index is 0.112. The lowest BCUT2D eigenvalue weighted by atomic mass is 10.2. The Hall–Kier alpha value is -2.96. The van der Waals surface area contributed by atoms with E-state index in [1.165, 1.54) is 6.21 Å². The Morgan fingerprint density at radius 1 is 1.07 bits per heavy atom. The fourth-order valence-electron chi connectivity index (χ4n) is 2.61. The van der Waals surface area contributed by atoms with Crippen molar-refractivity contribution in [1.82, 2.24) is 5.43 Å². The highest BCUT2D eigenvalue weighted by molar-refractivity contribution is 6.42. The molecule has 0 fully saturated rings. The number of hydrogen-bond donors (Lipinski definition) is 1. The minimum Gasteiger partial charge on any atom is -0.485 e. The highest BCUT2D eigenvalue weighted by Gasteiger charge is 2.27. The third-order valence-electron chi connectivity index (χ3n) is 4.00. The normalized spacial score (nSPS) is 15.6. The van der Waals surface area contributed by atoms with E-state index < -0.39 is 12.0 Å². The zero-order valence-corrected chi connectivity index (χ0v) is 15.9. The standard InChI is InChI=1S/C20H14Cl2N2O4/c21-14-7-5-12(9-15(14)22)16-8-6-13(27-16)10-23-24-20(25)19-11-26-17-3-1-2-4-18(17)28-19/h1-10,19H,11H2,(H,24,25). The number of carbonyl (C=O) groups is 1. The third-order valence-corrected chi connectivity index (χ3v) is 4.74. The molecule has 1 amide bonds. The van der Waals surface area contributed by atoms with Crippen LogP contribution in [0.5, 0.6) is 11.5 Å². The third kappa shape index (κ3) is 3.98. The van der Waals surface area contributed by atoms with Crippen LogP contribution in [0.15, 0.2) is 64.1 Å². The molecule has 1 aromatic heterocycles. The summed E-state index contributed by atoms with van der Waals surface area (Å²) in [4.78, 5) is 12.2. The number of carbonyl (C=O) groups excluding carboxylic acids is 1. The van der Waals surface area contributed by atoms with E-state index in [1.54, 1.807) is 42.5 Å². The minimum atomic E-state index is -0.782. The number of rotatable bonds is 4. The highest BCUT2D eigenvalue weighted by Crippen LogP contribution is 2.31. The Kier molecular flexibility index (Phi) is 5.23. The average molecular weight is 417 g/mol. The molecule has 0 aliphatic carbocycles. The van der Waals surface area contributed by atoms with Gasteiger partial charge in [0.25, 0.3) is 5.91 Å². The summed E-state index contributed by atoms with van der Waals surface area (Å²) in [6.07, 6.45) is 0.617. The van der Waals surface area contributed by atoms with Crippen molar-refractivity contribution in [1.29, 1.82) is 0 Å². The monoisotopic (exact) mass is 416 g/mol. The van der Waals surface area contributed by atoms with Gasteiger partial charge in [0, 0.05) is 5.56 Å². The number of hydrogen-bond acceptors (Lipinski definition) is 5. The van der Waals surface area contributed by atoms with Crippen molar-refractivity contribution in [3.05, 3.63) is 70.4 Å². The zero-order valence-electron chi connectivity index (χ0n) is 14.4. The van der Waals surface area contributed by atoms with Crippen molar-refractivity contribution < 1.29 is 18.7 Å². The summed E-state index contributed by atoms with van der Waals surface area (Å²) in [5, 5.41) is 4.82. The molecular formula is C20H14Cl2N2O4. The first-order valence-electron chi connectivity index (χ1n) is 8.37. The van der Waals surface area contributed by atoms with Gasteiger partial charge in [-0.15, -0.1) is 0 Å². The SMILES string of the molecule is O=C(NN=Cc1ccc(-c2ccc(Cl)c(Cl)c2)o1)C1COc2ccccc2O1. The first-order valence-corrected chi connectivity index (χ1v) is 9.12. The van der Waals surface area contributed by atoms with Crippen LogP contribution in [-0.4, -0.2) is 24.8 Å². The molecule has 1 atom stereocenters. The molecule has 142 valence electrons. The van der Waals surface area contributed by atoms with E-state index in [4.69, 9.17) is 37.1 Å². The van der Waals surface area contributed by atoms with E-state index in [1.807, 2.05) is 12.1 Å². The fourth-order valence-corrected chi connectivity index (χ4v) is 2.91. The molecule has 1 N–H and O–H groups in total. The molecule has 3 aromatic rings. The zero-order chi connectivity index (χ0) is 19.5. The Bertz CT molecular complexity index is 1050. The van der Waals surface area contributed by atoms with Gasteiger partial charge in [-0.25, -0.2) is 5.43 Å². The van der Waals surface area contributed by atoms with Crippen molar-refractivity contribution in [3.63, 3.8) is 0 Å². The van der Waals surface area contributed by atoms with E-state index >= 15 is 0 Å². The van der Waals surface area contributed by atoms with E-state index in [-0.39, 0.29) is 6.61 Å². The Morgan fingerprint density at radius 2 is 1.89 bits per heavy atom. The van der Waals surface area contributed by atoms with Crippen LogP contribution >= 0.6 is 23.2 Å². The largest absolute Gasteiger partial charge is 0.485 e. The maximum absolute atomic E-state index is 12.2. The number of benzene rings is 2. The summed E-state index contributed by atoms with van der Waals surface area (Å²) in [6, 6.07) is 15.9. The van der Waals surface area contributed by atoms with Crippen molar-refractivity contribution in [2.75, 3.05) is 6.61 Å². The van der Waals surface area contributed by atoms with Gasteiger partial charge < -0.3 is 13.9 Å². The Morgan fingerprint density at radius 3 is 2.71 bits per heavy atom. The number of fused-ring (bicyclic) bond motifs is 1. The van der Waals surface area contributed by atoms with Crippen LogP contribution in [0.3, 0.4) is 0 Å². The molecule has 0 bridgehead atoms. The molecule has 2 heterocycles. The fraction of sp³-hybridized carbons (Fsp3) is 0.100. The van der Waals surface area contributed by atoms with Gasteiger partial charge in [0.15, 0.2) is 11.5 Å². The van der Waals surface area contributed by atoms with Gasteiger partial charge in [-0.1, -0.05) is 35.3 Å². The van der Waals surface area contributed by atoms with Crippen LogP contribution in [0.1, 0.15) is 5.76 Å². The number of hydrazone groups is 1. The first kappa shape index (κ1) is 18.4. The molecule has 4 rings (SSSR count). The molecule has 28 heavy (non-hydrogen) atoms. The van der Waals surface area contributed by atoms with Crippen LogP contribution in [0, 0.1) is 0 Å². The van der Waals surface area contributed by atoms with Gasteiger partial charge in [0.1, 0.15) is 18.1 Å². The second-order valence-electron chi connectivity index (χ2n) is 5.93. The number of halogens is 2. The van der Waals surface area contributed by atoms with Crippen molar-refractivity contribution in [2.45, 2.75) is 6.10 Å². The molecule has 6 nitrogen and oxygen atoms in total. The predicted octanol–water partition coefficient (Wildman–Crippen LogP) is 4.54. The van der Waals surface area contributed by atoms with Crippen LogP contribution in [0.25, 0.3) is 11.3 Å². The van der Waals surface area contributed by atoms with Gasteiger partial charge in [0.05, 0.1) is 16.3 Å². The molecule has 0 saturated carbocycles. The Balaban J connectivity index is 1.37. The molecule has 0 spiro atoms. The van der Waals surface area contributed by atoms with E-state index in [0.717, 1.165) is 5.56 Å². The van der Waals surface area contributed by atoms with Gasteiger partial charge in [-0.2, -0.15) is 5.10 Å². The highest BCUT2D eigenvalue weighted by atomic mass is 35.5. The maximum Gasteiger partial charge on any atom is 0.284 e. The lowest BCUT2D eigenvalue weighted by molar-refractivity contribution is -0.130. The smallest absolute Gasteiger partial charge is 0.284 e. The van der Waals surface area contributed by atoms with Crippen LogP contribution in [0.4, 0.5) is 0 Å². The molecule has 1 aliphatic heterocycles. The van der Waals surface area contributed by atoms with Gasteiger partial charge >= 0.3 is 0 Å². The summed E-state index contributed by atoms with van der Waals surface area (Å²) < 4.78 is 16.8. The van der Waals surface area contributed by atoms with Crippen LogP contribution < -0.4 is 14.9 Å². The number of nitrogens with zero attached hydrogens (tertiary/aromatic N) is 1. The number of nitrogens with one attached hydrogen (secondary N) is 1. The molecule has 8 heteroatoms. The molecule has 1 aliphatic rings. The molecular weight excluding hydrogens is 403 g/mol. The number of ether oxygens (including phenoxy) is 2. The quantitative estimate of drug-likeness (QED) is 0.500. The number of furan rings is 1. The summed E-state index contributed by atoms with van der Waals surface area (Å²) in [5.74, 6) is 1.79. The molecule has 1 unspecified atom stereocenters. The summed E-state index contributed by atoms with van der Waals surface area (Å²) >= 11 is 11.9. The topological polar surface area (TPSA) is 73.1 Å². The van der Waals surface area contributed by atoms with Gasteiger partial charge in [-0.3, -0.25) is 4.79 Å². The second kappa shape index (κ2) is 7.96. The van der Waals surface area contributed by atoms with E-state index in [2.05, 4.69) is 10.5 Å². The van der Waals surface area contributed by atoms with Crippen molar-refractivity contribution >= 4 is 35.3 Å². The molecule has 0 radical (unpaired) electrons. The second-order valence-corrected chi connectivity index (χ2v) is 6.74. The van der Waals surface area contributed by atoms with Gasteiger partial charge in [0.2, 0.25) is 6.10 Å². The predicted molar refractivity (Wildman–Crippen MR) is 106 cm³/mol. The first-order chi connectivity index (χ1) is 13.6. The van der Waals surface area contributed by atoms with Gasteiger partial charge in [-0.05, 0) is 42.5 Å². The van der Waals surface area contributed by atoms with Crippen molar-refractivity contribution in [3.8, 4) is 22.8 Å². The Labute approximate surface area is 170 Å². The van der Waals surface area contributed by atoms with Crippen molar-refractivity contribution in [2.24, 2.45) is 5.10 Å². The van der Waals surface area contributed by atoms with E-state index in [9.17, 15) is 4.79 Å². The maximum atomic E-state index is 12.2.